The minimum absolute atomic E-state index is 0.0489. The van der Waals surface area contributed by atoms with Crippen molar-refractivity contribution in [2.45, 2.75) is 18.6 Å². The highest BCUT2D eigenvalue weighted by atomic mass is 35.5. The standard InChI is InChI=1S/C13H15ClFN3O2/c1-19-13(2-3-20-7-13)6-18-11-4-8(14)9(15)5-10(11)17-12(18)16/h4-5H,2-3,6-7H2,1H3,(H2,16,17). The summed E-state index contributed by atoms with van der Waals surface area (Å²) in [6.45, 7) is 1.64. The van der Waals surface area contributed by atoms with Gasteiger partial charge in [0, 0.05) is 26.2 Å². The van der Waals surface area contributed by atoms with Gasteiger partial charge in [0.1, 0.15) is 11.4 Å². The van der Waals surface area contributed by atoms with Crippen molar-refractivity contribution >= 4 is 28.6 Å². The van der Waals surface area contributed by atoms with Crippen LogP contribution in [0.15, 0.2) is 12.1 Å². The highest BCUT2D eigenvalue weighted by Gasteiger charge is 2.36. The van der Waals surface area contributed by atoms with Crippen molar-refractivity contribution in [3.05, 3.63) is 23.0 Å². The van der Waals surface area contributed by atoms with Crippen LogP contribution >= 0.6 is 11.6 Å². The summed E-state index contributed by atoms with van der Waals surface area (Å²) in [6, 6.07) is 2.82. The van der Waals surface area contributed by atoms with E-state index in [1.165, 1.54) is 12.1 Å². The first kappa shape index (κ1) is 13.6. The lowest BCUT2D eigenvalue weighted by Crippen LogP contribution is -2.37. The second kappa shape index (κ2) is 4.87. The first-order valence-corrected chi connectivity index (χ1v) is 6.66. The molecule has 7 heteroatoms. The van der Waals surface area contributed by atoms with Gasteiger partial charge in [0.15, 0.2) is 0 Å². The van der Waals surface area contributed by atoms with E-state index < -0.39 is 11.4 Å². The van der Waals surface area contributed by atoms with Gasteiger partial charge in [-0.15, -0.1) is 0 Å². The fourth-order valence-corrected chi connectivity index (χ4v) is 2.69. The molecule has 1 aliphatic heterocycles. The molecule has 1 atom stereocenters. The van der Waals surface area contributed by atoms with Gasteiger partial charge in [0.25, 0.3) is 0 Å². The molecule has 1 aromatic heterocycles. The number of benzene rings is 1. The van der Waals surface area contributed by atoms with Crippen molar-refractivity contribution in [2.75, 3.05) is 26.1 Å². The molecule has 2 aromatic rings. The summed E-state index contributed by atoms with van der Waals surface area (Å²) in [5.74, 6) is -0.195. The molecule has 0 bridgehead atoms. The molecule has 1 aromatic carbocycles. The largest absolute Gasteiger partial charge is 0.378 e. The van der Waals surface area contributed by atoms with Gasteiger partial charge in [-0.2, -0.15) is 0 Å². The number of hydrogen-bond donors (Lipinski definition) is 1. The third kappa shape index (κ3) is 2.13. The third-order valence-electron chi connectivity index (χ3n) is 3.77. The topological polar surface area (TPSA) is 62.3 Å². The Kier molecular flexibility index (Phi) is 3.32. The average molecular weight is 300 g/mol. The summed E-state index contributed by atoms with van der Waals surface area (Å²) in [4.78, 5) is 4.17. The predicted octanol–water partition coefficient (Wildman–Crippen LogP) is 2.22. The van der Waals surface area contributed by atoms with Gasteiger partial charge in [-0.05, 0) is 6.07 Å². The van der Waals surface area contributed by atoms with Gasteiger partial charge < -0.3 is 19.8 Å². The zero-order valence-corrected chi connectivity index (χ0v) is 11.8. The quantitative estimate of drug-likeness (QED) is 0.944. The molecule has 0 saturated carbocycles. The third-order valence-corrected chi connectivity index (χ3v) is 4.06. The maximum absolute atomic E-state index is 13.5. The molecule has 5 nitrogen and oxygen atoms in total. The lowest BCUT2D eigenvalue weighted by atomic mass is 10.0. The molecule has 0 aliphatic carbocycles. The maximum Gasteiger partial charge on any atom is 0.201 e. The van der Waals surface area contributed by atoms with Crippen LogP contribution in [0, 0.1) is 5.82 Å². The van der Waals surface area contributed by atoms with E-state index in [9.17, 15) is 4.39 Å². The number of imidazole rings is 1. The van der Waals surface area contributed by atoms with Crippen LogP contribution in [0.3, 0.4) is 0 Å². The van der Waals surface area contributed by atoms with Crippen LogP contribution < -0.4 is 5.73 Å². The number of halogens is 2. The number of ether oxygens (including phenoxy) is 2. The number of nitrogens with zero attached hydrogens (tertiary/aromatic N) is 2. The molecule has 0 radical (unpaired) electrons. The molecule has 3 rings (SSSR count). The molecule has 0 spiro atoms. The summed E-state index contributed by atoms with van der Waals surface area (Å²) in [5.41, 5.74) is 6.68. The van der Waals surface area contributed by atoms with E-state index >= 15 is 0 Å². The Morgan fingerprint density at radius 1 is 1.60 bits per heavy atom. The van der Waals surface area contributed by atoms with Crippen molar-refractivity contribution in [1.82, 2.24) is 9.55 Å². The Morgan fingerprint density at radius 3 is 3.05 bits per heavy atom. The zero-order chi connectivity index (χ0) is 14.3. The molecular formula is C13H15ClFN3O2. The lowest BCUT2D eigenvalue weighted by molar-refractivity contribution is -0.0283. The Labute approximate surface area is 120 Å². The monoisotopic (exact) mass is 299 g/mol. The summed E-state index contributed by atoms with van der Waals surface area (Å²) in [6.07, 6.45) is 0.775. The van der Waals surface area contributed by atoms with Crippen molar-refractivity contribution in [3.63, 3.8) is 0 Å². The molecule has 1 fully saturated rings. The minimum Gasteiger partial charge on any atom is -0.378 e. The summed E-state index contributed by atoms with van der Waals surface area (Å²) in [7, 11) is 1.65. The van der Waals surface area contributed by atoms with Crippen LogP contribution in [-0.4, -0.2) is 35.5 Å². The Morgan fingerprint density at radius 2 is 2.40 bits per heavy atom. The molecule has 0 amide bonds. The van der Waals surface area contributed by atoms with E-state index in [2.05, 4.69) is 4.98 Å². The van der Waals surface area contributed by atoms with Gasteiger partial charge in [-0.3, -0.25) is 0 Å². The van der Waals surface area contributed by atoms with E-state index in [1.54, 1.807) is 11.7 Å². The number of nitrogen functional groups attached to an aromatic ring is 1. The van der Waals surface area contributed by atoms with E-state index in [4.69, 9.17) is 26.8 Å². The second-order valence-corrected chi connectivity index (χ2v) is 5.41. The molecule has 1 unspecified atom stereocenters. The summed E-state index contributed by atoms with van der Waals surface area (Å²) >= 11 is 5.84. The number of fused-ring (bicyclic) bond motifs is 1. The van der Waals surface area contributed by atoms with Crippen LogP contribution in [0.1, 0.15) is 6.42 Å². The fourth-order valence-electron chi connectivity index (χ4n) is 2.53. The first-order valence-electron chi connectivity index (χ1n) is 6.28. The van der Waals surface area contributed by atoms with Crippen molar-refractivity contribution < 1.29 is 13.9 Å². The highest BCUT2D eigenvalue weighted by Crippen LogP contribution is 2.30. The van der Waals surface area contributed by atoms with Crippen LogP contribution in [0.25, 0.3) is 11.0 Å². The van der Waals surface area contributed by atoms with Gasteiger partial charge in [-0.25, -0.2) is 9.37 Å². The normalized spacial score (nSPS) is 22.8. The molecule has 2 heterocycles. The number of aromatic nitrogens is 2. The zero-order valence-electron chi connectivity index (χ0n) is 11.0. The van der Waals surface area contributed by atoms with E-state index in [0.717, 1.165) is 6.42 Å². The predicted molar refractivity (Wildman–Crippen MR) is 74.3 cm³/mol. The molecule has 2 N–H and O–H groups in total. The van der Waals surface area contributed by atoms with Crippen LogP contribution in [-0.2, 0) is 16.0 Å². The highest BCUT2D eigenvalue weighted by molar-refractivity contribution is 6.31. The fraction of sp³-hybridized carbons (Fsp3) is 0.462. The molecule has 1 saturated heterocycles. The number of methoxy groups -OCH3 is 1. The van der Waals surface area contributed by atoms with E-state index in [-0.39, 0.29) is 5.02 Å². The second-order valence-electron chi connectivity index (χ2n) is 5.00. The van der Waals surface area contributed by atoms with Gasteiger partial charge >= 0.3 is 0 Å². The maximum atomic E-state index is 13.5. The Balaban J connectivity index is 2.06. The minimum atomic E-state index is -0.505. The number of nitrogens with two attached hydrogens (primary N) is 1. The number of anilines is 1. The van der Waals surface area contributed by atoms with Gasteiger partial charge in [0.05, 0.1) is 29.2 Å². The molecular weight excluding hydrogens is 285 g/mol. The van der Waals surface area contributed by atoms with Crippen LogP contribution in [0.2, 0.25) is 5.02 Å². The van der Waals surface area contributed by atoms with Crippen molar-refractivity contribution in [3.8, 4) is 0 Å². The molecule has 108 valence electrons. The Hall–Kier alpha value is -1.37. The van der Waals surface area contributed by atoms with E-state index in [0.29, 0.717) is 36.7 Å². The van der Waals surface area contributed by atoms with Gasteiger partial charge in [0.2, 0.25) is 5.95 Å². The summed E-state index contributed by atoms with van der Waals surface area (Å²) < 4.78 is 26.3. The number of hydrogen-bond acceptors (Lipinski definition) is 4. The van der Waals surface area contributed by atoms with Crippen LogP contribution in [0.5, 0.6) is 0 Å². The molecule has 20 heavy (non-hydrogen) atoms. The SMILES string of the molecule is COC1(Cn2c(N)nc3cc(F)c(Cl)cc32)CCOC1. The summed E-state index contributed by atoms with van der Waals surface area (Å²) in [5, 5.41) is 0.0489. The van der Waals surface area contributed by atoms with Gasteiger partial charge in [-0.1, -0.05) is 11.6 Å². The van der Waals surface area contributed by atoms with Crippen molar-refractivity contribution in [1.29, 1.82) is 0 Å². The number of rotatable bonds is 3. The Bertz CT molecular complexity index is 653. The molecule has 1 aliphatic rings. The lowest BCUT2D eigenvalue weighted by Gasteiger charge is -2.26. The smallest absolute Gasteiger partial charge is 0.201 e. The van der Waals surface area contributed by atoms with Crippen molar-refractivity contribution in [2.24, 2.45) is 0 Å². The average Bonchev–Trinajstić information content (AvgIpc) is 2.99. The van der Waals surface area contributed by atoms with Crippen LogP contribution in [0.4, 0.5) is 10.3 Å². The van der Waals surface area contributed by atoms with E-state index in [1.807, 2.05) is 0 Å². The first-order chi connectivity index (χ1) is 9.54.